The van der Waals surface area contributed by atoms with Crippen LogP contribution in [0.4, 0.5) is 0 Å². The largest absolute Gasteiger partial charge is 0.438 e. The van der Waals surface area contributed by atoms with E-state index < -0.39 is 5.60 Å². The molecule has 4 aromatic rings. The standard InChI is InChI=1S/C24H19O2S2/c1-3-14-24(2,20-12-15-27-17-20)26-23(25)19-8-10-21(11-9-19)28-16-13-18-6-4-5-7-22(18)28/h4-13,15-17H,1-2H3/q+1. The van der Waals surface area contributed by atoms with Gasteiger partial charge in [0.05, 0.1) is 5.56 Å². The summed E-state index contributed by atoms with van der Waals surface area (Å²) in [6.45, 7) is 3.58. The van der Waals surface area contributed by atoms with Crippen molar-refractivity contribution in [1.29, 1.82) is 0 Å². The van der Waals surface area contributed by atoms with Crippen LogP contribution < -0.4 is 0 Å². The molecule has 0 saturated carbocycles. The molecule has 138 valence electrons. The van der Waals surface area contributed by atoms with Gasteiger partial charge in [-0.05, 0) is 67.1 Å². The number of esters is 1. The molecule has 2 nitrogen and oxygen atoms in total. The third-order valence-corrected chi connectivity index (χ3v) is 7.33. The van der Waals surface area contributed by atoms with E-state index in [4.69, 9.17) is 4.74 Å². The van der Waals surface area contributed by atoms with Crippen molar-refractivity contribution in [2.45, 2.75) is 19.4 Å². The van der Waals surface area contributed by atoms with E-state index in [0.29, 0.717) is 5.56 Å². The Morgan fingerprint density at radius 2 is 1.86 bits per heavy atom. The fourth-order valence-electron chi connectivity index (χ4n) is 3.15. The van der Waals surface area contributed by atoms with Gasteiger partial charge in [-0.25, -0.2) is 4.79 Å². The van der Waals surface area contributed by atoms with E-state index in [1.807, 2.05) is 48.0 Å². The summed E-state index contributed by atoms with van der Waals surface area (Å²) < 4.78 is 7.13. The van der Waals surface area contributed by atoms with Crippen molar-refractivity contribution in [2.75, 3.05) is 0 Å². The molecule has 2 heterocycles. The minimum absolute atomic E-state index is 0.0871. The van der Waals surface area contributed by atoms with Gasteiger partial charge in [0, 0.05) is 27.5 Å². The highest BCUT2D eigenvalue weighted by molar-refractivity contribution is 7.43. The van der Waals surface area contributed by atoms with Crippen LogP contribution in [0, 0.1) is 11.8 Å². The lowest BCUT2D eigenvalue weighted by molar-refractivity contribution is 0.0130. The molecule has 4 heteroatoms. The van der Waals surface area contributed by atoms with Crippen LogP contribution in [0.2, 0.25) is 0 Å². The first-order valence-corrected chi connectivity index (χ1v) is 11.1. The molecule has 0 aliphatic heterocycles. The molecule has 2 unspecified atom stereocenters. The Balaban J connectivity index is 1.60. The molecule has 0 amide bonds. The summed E-state index contributed by atoms with van der Waals surface area (Å²) in [5.74, 6) is 5.55. The van der Waals surface area contributed by atoms with Crippen molar-refractivity contribution in [1.82, 2.24) is 0 Å². The van der Waals surface area contributed by atoms with Crippen molar-refractivity contribution >= 4 is 37.9 Å². The van der Waals surface area contributed by atoms with Gasteiger partial charge in [0.2, 0.25) is 0 Å². The molecule has 0 spiro atoms. The number of ether oxygens (including phenoxy) is 1. The van der Waals surface area contributed by atoms with Gasteiger partial charge in [-0.2, -0.15) is 11.3 Å². The third kappa shape index (κ3) is 3.47. The fourth-order valence-corrected chi connectivity index (χ4v) is 5.79. The number of thiophene rings is 2. The predicted molar refractivity (Wildman–Crippen MR) is 118 cm³/mol. The summed E-state index contributed by atoms with van der Waals surface area (Å²) >= 11 is 1.56. The van der Waals surface area contributed by atoms with Crippen LogP contribution in [0.25, 0.3) is 15.0 Å². The first-order valence-electron chi connectivity index (χ1n) is 8.91. The fraction of sp³-hybridized carbons (Fsp3) is 0.125. The molecular weight excluding hydrogens is 384 g/mol. The normalized spacial score (nSPS) is 13.4. The van der Waals surface area contributed by atoms with Crippen molar-refractivity contribution in [3.63, 3.8) is 0 Å². The van der Waals surface area contributed by atoms with Crippen molar-refractivity contribution < 1.29 is 9.53 Å². The van der Waals surface area contributed by atoms with E-state index in [9.17, 15) is 4.79 Å². The Kier molecular flexibility index (Phi) is 5.04. The highest BCUT2D eigenvalue weighted by atomic mass is 32.2. The van der Waals surface area contributed by atoms with Crippen LogP contribution in [0.5, 0.6) is 0 Å². The summed E-state index contributed by atoms with van der Waals surface area (Å²) in [4.78, 5) is 13.9. The van der Waals surface area contributed by atoms with E-state index in [0.717, 1.165) is 5.56 Å². The number of carbonyl (C=O) groups excluding carboxylic acids is 1. The zero-order chi connectivity index (χ0) is 19.6. The van der Waals surface area contributed by atoms with Gasteiger partial charge in [0.25, 0.3) is 0 Å². The Hall–Kier alpha value is -2.87. The predicted octanol–water partition coefficient (Wildman–Crippen LogP) is 6.74. The van der Waals surface area contributed by atoms with E-state index >= 15 is 0 Å². The molecule has 0 radical (unpaired) electrons. The molecule has 28 heavy (non-hydrogen) atoms. The Morgan fingerprint density at radius 3 is 2.57 bits per heavy atom. The molecule has 0 aliphatic carbocycles. The average molecular weight is 404 g/mol. The number of hydrogen-bond donors (Lipinski definition) is 0. The second-order valence-electron chi connectivity index (χ2n) is 6.51. The zero-order valence-corrected chi connectivity index (χ0v) is 17.3. The van der Waals surface area contributed by atoms with Crippen LogP contribution in [-0.4, -0.2) is 5.97 Å². The zero-order valence-electron chi connectivity index (χ0n) is 15.6. The topological polar surface area (TPSA) is 26.3 Å². The summed E-state index contributed by atoms with van der Waals surface area (Å²) in [5.41, 5.74) is 0.480. The lowest BCUT2D eigenvalue weighted by Crippen LogP contribution is -2.27. The van der Waals surface area contributed by atoms with E-state index in [2.05, 4.69) is 47.6 Å². The van der Waals surface area contributed by atoms with Crippen molar-refractivity contribution in [3.8, 4) is 16.7 Å². The second-order valence-corrected chi connectivity index (χ2v) is 9.15. The SMILES string of the molecule is CC#CC(C)(OC(=O)c1ccc(-[s+]2ccc3ccccc32)cc1)c1ccsc1. The lowest BCUT2D eigenvalue weighted by atomic mass is 9.99. The number of benzene rings is 2. The minimum Gasteiger partial charge on any atom is -0.438 e. The second kappa shape index (κ2) is 7.63. The van der Waals surface area contributed by atoms with Crippen LogP contribution in [0.3, 0.4) is 0 Å². The average Bonchev–Trinajstić information content (AvgIpc) is 3.39. The van der Waals surface area contributed by atoms with Gasteiger partial charge in [0.15, 0.2) is 15.2 Å². The maximum Gasteiger partial charge on any atom is 0.339 e. The van der Waals surface area contributed by atoms with E-state index in [-0.39, 0.29) is 16.4 Å². The van der Waals surface area contributed by atoms with Gasteiger partial charge < -0.3 is 4.74 Å². The van der Waals surface area contributed by atoms with Gasteiger partial charge in [0.1, 0.15) is 5.38 Å². The molecule has 2 aromatic carbocycles. The Morgan fingerprint density at radius 1 is 1.07 bits per heavy atom. The van der Waals surface area contributed by atoms with Crippen molar-refractivity contribution in [2.24, 2.45) is 0 Å². The van der Waals surface area contributed by atoms with Crippen LogP contribution in [0.1, 0.15) is 29.8 Å². The maximum atomic E-state index is 12.8. The summed E-state index contributed by atoms with van der Waals surface area (Å²) in [6, 6.07) is 20.2. The molecule has 0 N–H and O–H groups in total. The van der Waals surface area contributed by atoms with Gasteiger partial charge in [-0.1, -0.05) is 18.1 Å². The van der Waals surface area contributed by atoms with Crippen LogP contribution >= 0.6 is 21.8 Å². The molecule has 0 aliphatic rings. The molecule has 0 bridgehead atoms. The highest BCUT2D eigenvalue weighted by Gasteiger charge is 2.30. The molecule has 0 fully saturated rings. The van der Waals surface area contributed by atoms with Crippen LogP contribution in [0.15, 0.2) is 76.8 Å². The number of hydrogen-bond acceptors (Lipinski definition) is 3. The highest BCUT2D eigenvalue weighted by Crippen LogP contribution is 2.39. The number of rotatable bonds is 4. The lowest BCUT2D eigenvalue weighted by Gasteiger charge is -2.23. The summed E-state index contributed by atoms with van der Waals surface area (Å²) in [7, 11) is -0.0871. The molecule has 4 rings (SSSR count). The monoisotopic (exact) mass is 403 g/mol. The summed E-state index contributed by atoms with van der Waals surface area (Å²) in [5, 5.41) is 7.41. The first-order chi connectivity index (χ1) is 13.6. The van der Waals surface area contributed by atoms with E-state index in [1.165, 1.54) is 15.0 Å². The van der Waals surface area contributed by atoms with Crippen LogP contribution in [-0.2, 0) is 10.3 Å². The minimum atomic E-state index is -0.945. The Bertz CT molecular complexity index is 1170. The first kappa shape index (κ1) is 18.5. The van der Waals surface area contributed by atoms with E-state index in [1.54, 1.807) is 18.3 Å². The molecule has 2 atom stereocenters. The third-order valence-electron chi connectivity index (χ3n) is 4.62. The van der Waals surface area contributed by atoms with Crippen molar-refractivity contribution in [3.05, 3.63) is 87.9 Å². The van der Waals surface area contributed by atoms with Gasteiger partial charge in [-0.15, -0.1) is 5.92 Å². The number of carbonyl (C=O) groups is 1. The molecular formula is C24H19O2S2+. The summed E-state index contributed by atoms with van der Waals surface area (Å²) in [6.07, 6.45) is 0. The maximum absolute atomic E-state index is 12.8. The molecule has 2 aromatic heterocycles. The van der Waals surface area contributed by atoms with Gasteiger partial charge in [-0.3, -0.25) is 0 Å². The Labute approximate surface area is 171 Å². The molecule has 0 saturated heterocycles. The number of fused-ring (bicyclic) bond motifs is 1. The smallest absolute Gasteiger partial charge is 0.339 e. The van der Waals surface area contributed by atoms with Gasteiger partial charge >= 0.3 is 5.97 Å². The quantitative estimate of drug-likeness (QED) is 0.214.